The van der Waals surface area contributed by atoms with E-state index in [0.717, 1.165) is 11.1 Å². The molecular formula is C16H20O3. The predicted molar refractivity (Wildman–Crippen MR) is 74.7 cm³/mol. The molecule has 0 aromatic heterocycles. The normalized spacial score (nSPS) is 11.9. The minimum absolute atomic E-state index is 0.0368. The van der Waals surface area contributed by atoms with Crippen molar-refractivity contribution in [2.75, 3.05) is 6.61 Å². The Balaban J connectivity index is 2.81. The van der Waals surface area contributed by atoms with Gasteiger partial charge in [0.2, 0.25) is 0 Å². The van der Waals surface area contributed by atoms with Gasteiger partial charge in [-0.05, 0) is 38.5 Å². The Labute approximate surface area is 114 Å². The third-order valence-corrected chi connectivity index (χ3v) is 2.50. The van der Waals surface area contributed by atoms with Crippen LogP contribution in [0.5, 0.6) is 0 Å². The van der Waals surface area contributed by atoms with E-state index in [1.54, 1.807) is 6.92 Å². The van der Waals surface area contributed by atoms with Gasteiger partial charge in [0, 0.05) is 12.0 Å². The molecule has 1 rings (SSSR count). The first kappa shape index (κ1) is 15.3. The van der Waals surface area contributed by atoms with Crippen LogP contribution in [-0.2, 0) is 20.7 Å². The molecule has 1 unspecified atom stereocenters. The molecule has 1 atom stereocenters. The molecule has 0 saturated heterocycles. The van der Waals surface area contributed by atoms with Crippen LogP contribution < -0.4 is 0 Å². The molecular weight excluding hydrogens is 240 g/mol. The first-order valence-electron chi connectivity index (χ1n) is 6.44. The highest BCUT2D eigenvalue weighted by Gasteiger charge is 2.22. The Bertz CT molecular complexity index is 457. The fourth-order valence-electron chi connectivity index (χ4n) is 1.75. The second kappa shape index (κ2) is 7.60. The smallest absolute Gasteiger partial charge is 0.335 e. The second-order valence-electron chi connectivity index (χ2n) is 4.47. The van der Waals surface area contributed by atoms with Crippen LogP contribution in [0.25, 0.3) is 0 Å². The zero-order valence-electron chi connectivity index (χ0n) is 11.7. The number of hydrogen-bond donors (Lipinski definition) is 0. The summed E-state index contributed by atoms with van der Waals surface area (Å²) in [4.78, 5) is 11.9. The molecule has 0 aliphatic heterocycles. The Morgan fingerprint density at radius 3 is 2.74 bits per heavy atom. The van der Waals surface area contributed by atoms with E-state index in [-0.39, 0.29) is 12.1 Å². The fraction of sp³-hybridized carbons (Fsp3) is 0.438. The van der Waals surface area contributed by atoms with Crippen LogP contribution in [0.3, 0.4) is 0 Å². The number of esters is 1. The topological polar surface area (TPSA) is 35.5 Å². The zero-order chi connectivity index (χ0) is 14.3. The zero-order valence-corrected chi connectivity index (χ0v) is 11.7. The highest BCUT2D eigenvalue weighted by molar-refractivity contribution is 5.75. The van der Waals surface area contributed by atoms with Gasteiger partial charge >= 0.3 is 5.97 Å². The quantitative estimate of drug-likeness (QED) is 0.582. The van der Waals surface area contributed by atoms with Crippen LogP contribution in [-0.4, -0.2) is 24.8 Å². The van der Waals surface area contributed by atoms with Gasteiger partial charge in [-0.15, -0.1) is 6.42 Å². The lowest BCUT2D eigenvalue weighted by molar-refractivity contribution is -0.159. The van der Waals surface area contributed by atoms with Gasteiger partial charge in [-0.25, -0.2) is 4.79 Å². The van der Waals surface area contributed by atoms with Crippen molar-refractivity contribution in [2.45, 2.75) is 39.4 Å². The summed E-state index contributed by atoms with van der Waals surface area (Å²) in [6, 6.07) is 7.54. The van der Waals surface area contributed by atoms with Crippen molar-refractivity contribution in [1.82, 2.24) is 0 Å². The molecule has 0 N–H and O–H groups in total. The van der Waals surface area contributed by atoms with Crippen LogP contribution >= 0.6 is 0 Å². The Morgan fingerprint density at radius 1 is 1.42 bits per heavy atom. The monoisotopic (exact) mass is 260 g/mol. The molecule has 3 nitrogen and oxygen atoms in total. The number of carbonyl (C=O) groups excluding carboxylic acids is 1. The van der Waals surface area contributed by atoms with Crippen LogP contribution in [0.1, 0.15) is 31.9 Å². The van der Waals surface area contributed by atoms with Crippen LogP contribution in [0.2, 0.25) is 0 Å². The number of benzene rings is 1. The van der Waals surface area contributed by atoms with E-state index in [1.807, 2.05) is 38.1 Å². The summed E-state index contributed by atoms with van der Waals surface area (Å²) in [5, 5.41) is 0. The average molecular weight is 260 g/mol. The van der Waals surface area contributed by atoms with Crippen molar-refractivity contribution in [2.24, 2.45) is 0 Å². The van der Waals surface area contributed by atoms with Crippen LogP contribution in [0.4, 0.5) is 0 Å². The number of hydrogen-bond acceptors (Lipinski definition) is 3. The highest BCUT2D eigenvalue weighted by atomic mass is 16.6. The minimum atomic E-state index is -0.590. The molecule has 0 heterocycles. The summed E-state index contributed by atoms with van der Waals surface area (Å²) >= 11 is 0. The lowest BCUT2D eigenvalue weighted by Crippen LogP contribution is -2.31. The maximum Gasteiger partial charge on any atom is 0.335 e. The van der Waals surface area contributed by atoms with E-state index >= 15 is 0 Å². The summed E-state index contributed by atoms with van der Waals surface area (Å²) in [5.74, 6) is 2.25. The SMILES string of the molecule is C#Cc1cccc(CC(OC(C)C)C(=O)OCC)c1. The van der Waals surface area contributed by atoms with Crippen LogP contribution in [0.15, 0.2) is 24.3 Å². The summed E-state index contributed by atoms with van der Waals surface area (Å²) in [5.41, 5.74) is 1.76. The molecule has 102 valence electrons. The first-order valence-corrected chi connectivity index (χ1v) is 6.44. The van der Waals surface area contributed by atoms with Gasteiger partial charge < -0.3 is 9.47 Å². The molecule has 0 bridgehead atoms. The van der Waals surface area contributed by atoms with Gasteiger partial charge in [-0.2, -0.15) is 0 Å². The van der Waals surface area contributed by atoms with E-state index in [1.165, 1.54) is 0 Å². The minimum Gasteiger partial charge on any atom is -0.464 e. The molecule has 0 aliphatic carbocycles. The van der Waals surface area contributed by atoms with Crippen molar-refractivity contribution in [3.8, 4) is 12.3 Å². The Hall–Kier alpha value is -1.79. The van der Waals surface area contributed by atoms with Gasteiger partial charge in [0.05, 0.1) is 12.7 Å². The van der Waals surface area contributed by atoms with Crippen molar-refractivity contribution >= 4 is 5.97 Å². The molecule has 3 heteroatoms. The van der Waals surface area contributed by atoms with E-state index in [9.17, 15) is 4.79 Å². The standard InChI is InChI=1S/C16H20O3/c1-5-13-8-7-9-14(10-13)11-15(19-12(3)4)16(17)18-6-2/h1,7-10,12,15H,6,11H2,2-4H3. The van der Waals surface area contributed by atoms with Crippen molar-refractivity contribution < 1.29 is 14.3 Å². The lowest BCUT2D eigenvalue weighted by atomic mass is 10.0. The molecule has 1 aromatic carbocycles. The highest BCUT2D eigenvalue weighted by Crippen LogP contribution is 2.12. The van der Waals surface area contributed by atoms with Crippen LogP contribution in [0, 0.1) is 12.3 Å². The van der Waals surface area contributed by atoms with Gasteiger partial charge in [0.25, 0.3) is 0 Å². The summed E-state index contributed by atoms with van der Waals surface area (Å²) in [6.45, 7) is 5.92. The van der Waals surface area contributed by atoms with Gasteiger partial charge in [0.1, 0.15) is 0 Å². The molecule has 0 saturated carbocycles. The third-order valence-electron chi connectivity index (χ3n) is 2.50. The number of ether oxygens (including phenoxy) is 2. The fourth-order valence-corrected chi connectivity index (χ4v) is 1.75. The molecule has 1 aromatic rings. The third kappa shape index (κ3) is 5.15. The van der Waals surface area contributed by atoms with Crippen molar-refractivity contribution in [1.29, 1.82) is 0 Å². The average Bonchev–Trinajstić information content (AvgIpc) is 2.38. The number of terminal acetylenes is 1. The summed E-state index contributed by atoms with van der Waals surface area (Å²) in [6.07, 6.45) is 5.20. The predicted octanol–water partition coefficient (Wildman–Crippen LogP) is 2.57. The van der Waals surface area contributed by atoms with E-state index in [4.69, 9.17) is 15.9 Å². The number of carbonyl (C=O) groups is 1. The maximum absolute atomic E-state index is 11.9. The van der Waals surface area contributed by atoms with E-state index in [0.29, 0.717) is 13.0 Å². The van der Waals surface area contributed by atoms with Crippen molar-refractivity contribution in [3.63, 3.8) is 0 Å². The first-order chi connectivity index (χ1) is 9.06. The maximum atomic E-state index is 11.9. The van der Waals surface area contributed by atoms with E-state index < -0.39 is 6.10 Å². The lowest BCUT2D eigenvalue weighted by Gasteiger charge is -2.19. The van der Waals surface area contributed by atoms with Gasteiger partial charge in [-0.3, -0.25) is 0 Å². The van der Waals surface area contributed by atoms with Crippen molar-refractivity contribution in [3.05, 3.63) is 35.4 Å². The molecule has 0 spiro atoms. The Morgan fingerprint density at radius 2 is 2.16 bits per heavy atom. The molecule has 0 amide bonds. The molecule has 0 aliphatic rings. The summed E-state index contributed by atoms with van der Waals surface area (Å²) in [7, 11) is 0. The molecule has 0 radical (unpaired) electrons. The van der Waals surface area contributed by atoms with E-state index in [2.05, 4.69) is 5.92 Å². The Kier molecular flexibility index (Phi) is 6.11. The van der Waals surface area contributed by atoms with Gasteiger partial charge in [0.15, 0.2) is 6.10 Å². The summed E-state index contributed by atoms with van der Waals surface area (Å²) < 4.78 is 10.6. The second-order valence-corrected chi connectivity index (χ2v) is 4.47. The van der Waals surface area contributed by atoms with Gasteiger partial charge in [-0.1, -0.05) is 18.1 Å². The largest absolute Gasteiger partial charge is 0.464 e. The number of rotatable bonds is 6. The molecule has 19 heavy (non-hydrogen) atoms. The molecule has 0 fully saturated rings.